The molecule has 1 saturated carbocycles. The lowest BCUT2D eigenvalue weighted by Gasteiger charge is -2.53. The predicted octanol–water partition coefficient (Wildman–Crippen LogP) is 4.81. The number of hydrogen-bond acceptors (Lipinski definition) is 3. The van der Waals surface area contributed by atoms with Gasteiger partial charge in [0.25, 0.3) is 0 Å². The van der Waals surface area contributed by atoms with Crippen molar-refractivity contribution in [1.29, 1.82) is 0 Å². The molecule has 0 aliphatic heterocycles. The fraction of sp³-hybridized carbons (Fsp3) is 0.714. The van der Waals surface area contributed by atoms with E-state index >= 15 is 0 Å². The second-order valence-corrected chi connectivity index (χ2v) is 14.8. The minimum atomic E-state index is -2.02. The summed E-state index contributed by atoms with van der Waals surface area (Å²) in [4.78, 5) is 0. The van der Waals surface area contributed by atoms with Gasteiger partial charge in [0.1, 0.15) is 0 Å². The Bertz CT molecular complexity index is 659. The van der Waals surface area contributed by atoms with Crippen molar-refractivity contribution in [3.8, 4) is 0 Å². The fourth-order valence-corrected chi connectivity index (χ4v) is 6.28. The van der Waals surface area contributed by atoms with Gasteiger partial charge in [-0.25, -0.2) is 0 Å². The molecule has 1 fully saturated rings. The van der Waals surface area contributed by atoms with Crippen LogP contribution in [0.1, 0.15) is 41.0 Å². The monoisotopic (exact) mass is 362 g/mol. The number of fused-ring (bicyclic) bond motifs is 3. The first-order chi connectivity index (χ1) is 11.3. The van der Waals surface area contributed by atoms with Crippen LogP contribution in [0.25, 0.3) is 0 Å². The van der Waals surface area contributed by atoms with Crippen LogP contribution in [-0.2, 0) is 9.16 Å². The fourth-order valence-electron chi connectivity index (χ4n) is 4.89. The zero-order chi connectivity index (χ0) is 18.9. The molecule has 3 nitrogen and oxygen atoms in total. The average Bonchev–Trinajstić information content (AvgIpc) is 2.87. The Morgan fingerprint density at radius 2 is 1.80 bits per heavy atom. The van der Waals surface area contributed by atoms with E-state index < -0.39 is 19.3 Å². The van der Waals surface area contributed by atoms with Gasteiger partial charge in [-0.15, -0.1) is 0 Å². The molecule has 3 rings (SSSR count). The zero-order valence-corrected chi connectivity index (χ0v) is 18.0. The summed E-state index contributed by atoms with van der Waals surface area (Å²) in [7, 11) is -0.367. The van der Waals surface area contributed by atoms with Gasteiger partial charge in [-0.3, -0.25) is 0 Å². The van der Waals surface area contributed by atoms with Crippen molar-refractivity contribution < 1.29 is 14.3 Å². The van der Waals surface area contributed by atoms with E-state index in [1.165, 1.54) is 0 Å². The quantitative estimate of drug-likeness (QED) is 0.443. The van der Waals surface area contributed by atoms with Gasteiger partial charge in [-0.2, -0.15) is 0 Å². The van der Waals surface area contributed by atoms with E-state index in [4.69, 9.17) is 9.16 Å². The van der Waals surface area contributed by atoms with Crippen LogP contribution in [0, 0.1) is 16.2 Å². The lowest BCUT2D eigenvalue weighted by Crippen LogP contribution is -2.54. The van der Waals surface area contributed by atoms with Crippen molar-refractivity contribution >= 4 is 8.32 Å². The molecule has 0 aromatic carbocycles. The highest BCUT2D eigenvalue weighted by Crippen LogP contribution is 2.76. The number of methoxy groups -OCH3 is 1. The topological polar surface area (TPSA) is 38.7 Å². The summed E-state index contributed by atoms with van der Waals surface area (Å²) < 4.78 is 12.3. The molecule has 3 aliphatic carbocycles. The lowest BCUT2D eigenvalue weighted by atomic mass is 9.54. The molecule has 25 heavy (non-hydrogen) atoms. The Labute approximate surface area is 153 Å². The van der Waals surface area contributed by atoms with Crippen LogP contribution < -0.4 is 0 Å². The van der Waals surface area contributed by atoms with Crippen molar-refractivity contribution in [2.24, 2.45) is 16.2 Å². The van der Waals surface area contributed by atoms with Crippen LogP contribution in [0.4, 0.5) is 0 Å². The third-order valence-electron chi connectivity index (χ3n) is 7.94. The molecular weight excluding hydrogens is 328 g/mol. The average molecular weight is 363 g/mol. The number of hydrogen-bond donors (Lipinski definition) is 1. The lowest BCUT2D eigenvalue weighted by molar-refractivity contribution is -0.0903. The van der Waals surface area contributed by atoms with Gasteiger partial charge in [0, 0.05) is 10.8 Å². The first-order valence-electron chi connectivity index (χ1n) is 9.30. The largest absolute Gasteiger partial charge is 0.505 e. The molecule has 0 aromatic rings. The van der Waals surface area contributed by atoms with Gasteiger partial charge < -0.3 is 14.3 Å². The maximum atomic E-state index is 11.9. The van der Waals surface area contributed by atoms with Crippen molar-refractivity contribution in [2.45, 2.75) is 70.9 Å². The van der Waals surface area contributed by atoms with Crippen LogP contribution >= 0.6 is 0 Å². The molecule has 1 N–H and O–H groups in total. The third kappa shape index (κ3) is 1.99. The molecule has 0 spiro atoms. The van der Waals surface area contributed by atoms with Crippen molar-refractivity contribution in [3.05, 3.63) is 36.6 Å². The summed E-state index contributed by atoms with van der Waals surface area (Å²) in [6.45, 7) is 15.8. The number of ether oxygens (including phenoxy) is 1. The van der Waals surface area contributed by atoms with Gasteiger partial charge in [-0.1, -0.05) is 58.9 Å². The SMILES string of the molecule is CO/C=C/[C@@]12C=CC[C@]1(O)[C@]1(C)C=C[C@]1(C)[C@@H]2O[Si](C)(C)C(C)(C)C. The first kappa shape index (κ1) is 18.9. The maximum Gasteiger partial charge on any atom is 0.192 e. The second kappa shape index (κ2) is 5.11. The van der Waals surface area contributed by atoms with Gasteiger partial charge >= 0.3 is 0 Å². The molecule has 0 unspecified atom stereocenters. The van der Waals surface area contributed by atoms with Crippen molar-refractivity contribution in [3.63, 3.8) is 0 Å². The summed E-state index contributed by atoms with van der Waals surface area (Å²) in [5.41, 5.74) is -1.95. The minimum absolute atomic E-state index is 0.106. The summed E-state index contributed by atoms with van der Waals surface area (Å²) in [6.07, 6.45) is 13.0. The van der Waals surface area contributed by atoms with E-state index in [2.05, 4.69) is 72.0 Å². The van der Waals surface area contributed by atoms with E-state index in [9.17, 15) is 5.11 Å². The second-order valence-electron chi connectivity index (χ2n) is 10.0. The molecule has 0 aromatic heterocycles. The molecule has 0 saturated heterocycles. The van der Waals surface area contributed by atoms with E-state index in [0.717, 1.165) is 0 Å². The highest BCUT2D eigenvalue weighted by Gasteiger charge is 2.80. The smallest absolute Gasteiger partial charge is 0.192 e. The Morgan fingerprint density at radius 3 is 2.28 bits per heavy atom. The zero-order valence-electron chi connectivity index (χ0n) is 17.0. The normalized spacial score (nSPS) is 45.6. The van der Waals surface area contributed by atoms with Crippen LogP contribution in [0.3, 0.4) is 0 Å². The summed E-state index contributed by atoms with van der Waals surface area (Å²) >= 11 is 0. The highest BCUT2D eigenvalue weighted by molar-refractivity contribution is 6.74. The molecule has 0 heterocycles. The van der Waals surface area contributed by atoms with Gasteiger partial charge in [0.05, 0.1) is 30.5 Å². The standard InChI is InChI=1S/C21H34O3Si/c1-17(2,3)25(7,8)24-16-18(4)12-13-19(18,5)21(22)11-9-10-20(16,21)14-15-23-6/h9-10,12-16,22H,11H2,1-8H3/b15-14+/t16-,18+,19+,20+,21-/m0/s1. The van der Waals surface area contributed by atoms with Crippen LogP contribution in [0.15, 0.2) is 36.6 Å². The van der Waals surface area contributed by atoms with Crippen molar-refractivity contribution in [1.82, 2.24) is 0 Å². The molecule has 0 amide bonds. The number of aliphatic hydroxyl groups is 1. The summed E-state index contributed by atoms with van der Waals surface area (Å²) in [5.74, 6) is 0. The third-order valence-corrected chi connectivity index (χ3v) is 12.4. The molecule has 0 radical (unpaired) electrons. The Balaban J connectivity index is 2.16. The maximum absolute atomic E-state index is 11.9. The van der Waals surface area contributed by atoms with Crippen LogP contribution in [0.2, 0.25) is 18.1 Å². The molecule has 5 atom stereocenters. The molecular formula is C21H34O3Si. The summed E-state index contributed by atoms with van der Waals surface area (Å²) in [5, 5.41) is 12.0. The molecule has 3 aliphatic rings. The Morgan fingerprint density at radius 1 is 1.16 bits per heavy atom. The highest BCUT2D eigenvalue weighted by atomic mass is 28.4. The summed E-state index contributed by atoms with van der Waals surface area (Å²) in [6, 6.07) is 0. The first-order valence-corrected chi connectivity index (χ1v) is 12.2. The van der Waals surface area contributed by atoms with Gasteiger partial charge in [-0.05, 0) is 30.6 Å². The number of rotatable bonds is 4. The molecule has 140 valence electrons. The van der Waals surface area contributed by atoms with Crippen LogP contribution in [0.5, 0.6) is 0 Å². The van der Waals surface area contributed by atoms with Crippen LogP contribution in [-0.4, -0.2) is 32.2 Å². The van der Waals surface area contributed by atoms with Gasteiger partial charge in [0.15, 0.2) is 8.32 Å². The Kier molecular flexibility index (Phi) is 3.87. The molecule has 0 bridgehead atoms. The predicted molar refractivity (Wildman–Crippen MR) is 105 cm³/mol. The van der Waals surface area contributed by atoms with E-state index in [-0.39, 0.29) is 22.0 Å². The van der Waals surface area contributed by atoms with Crippen molar-refractivity contribution in [2.75, 3.05) is 7.11 Å². The molecule has 4 heteroatoms. The Hall–Kier alpha value is -0.843. The minimum Gasteiger partial charge on any atom is -0.505 e. The van der Waals surface area contributed by atoms with E-state index in [1.807, 2.05) is 6.08 Å². The van der Waals surface area contributed by atoms with E-state index in [1.54, 1.807) is 13.4 Å². The van der Waals surface area contributed by atoms with E-state index in [0.29, 0.717) is 6.42 Å². The van der Waals surface area contributed by atoms with Gasteiger partial charge in [0.2, 0.25) is 0 Å².